The van der Waals surface area contributed by atoms with Gasteiger partial charge in [-0.1, -0.05) is 12.8 Å². The molecule has 21 heavy (non-hydrogen) atoms. The van der Waals surface area contributed by atoms with E-state index >= 15 is 0 Å². The zero-order chi connectivity index (χ0) is 15.5. The van der Waals surface area contributed by atoms with Crippen LogP contribution in [-0.4, -0.2) is 33.1 Å². The molecule has 7 heteroatoms. The normalized spacial score (nSPS) is 16.0. The second-order valence-electron chi connectivity index (χ2n) is 5.17. The first-order valence-electron chi connectivity index (χ1n) is 6.85. The van der Waals surface area contributed by atoms with Crippen molar-refractivity contribution in [3.8, 4) is 5.75 Å². The number of nitrogens with one attached hydrogen (secondary N) is 1. The van der Waals surface area contributed by atoms with E-state index in [9.17, 15) is 13.2 Å². The summed E-state index contributed by atoms with van der Waals surface area (Å²) in [5.41, 5.74) is -0.166. The number of benzene rings is 1. The van der Waals surface area contributed by atoms with Crippen LogP contribution < -0.4 is 9.46 Å². The van der Waals surface area contributed by atoms with Crippen molar-refractivity contribution in [2.24, 2.45) is 5.92 Å². The van der Waals surface area contributed by atoms with E-state index in [1.807, 2.05) is 0 Å². The number of methoxy groups -OCH3 is 1. The smallest absolute Gasteiger partial charge is 0.339 e. The molecule has 0 spiro atoms. The maximum Gasteiger partial charge on any atom is 0.339 e. The monoisotopic (exact) mass is 313 g/mol. The average Bonchev–Trinajstić information content (AvgIpc) is 2.97. The zero-order valence-electron chi connectivity index (χ0n) is 11.8. The second kappa shape index (κ2) is 6.44. The fourth-order valence-electron chi connectivity index (χ4n) is 2.55. The summed E-state index contributed by atoms with van der Waals surface area (Å²) in [4.78, 5) is 11.1. The van der Waals surface area contributed by atoms with Gasteiger partial charge in [0.15, 0.2) is 0 Å². The van der Waals surface area contributed by atoms with Gasteiger partial charge in [0, 0.05) is 6.54 Å². The summed E-state index contributed by atoms with van der Waals surface area (Å²) >= 11 is 0. The van der Waals surface area contributed by atoms with Gasteiger partial charge in [-0.3, -0.25) is 0 Å². The molecule has 6 nitrogen and oxygen atoms in total. The molecule has 0 unspecified atom stereocenters. The van der Waals surface area contributed by atoms with Crippen molar-refractivity contribution in [1.82, 2.24) is 4.72 Å². The van der Waals surface area contributed by atoms with Crippen LogP contribution in [0.2, 0.25) is 0 Å². The lowest BCUT2D eigenvalue weighted by Gasteiger charge is -2.12. The van der Waals surface area contributed by atoms with Gasteiger partial charge < -0.3 is 9.84 Å². The molecule has 0 atom stereocenters. The summed E-state index contributed by atoms with van der Waals surface area (Å²) in [5.74, 6) is -0.714. The molecule has 0 saturated heterocycles. The standard InChI is InChI=1S/C14H19NO5S/c1-20-13-7-6-11(8-12(13)14(16)17)21(18,19)15-9-10-4-2-3-5-10/h6-8,10,15H,2-5,9H2,1H3,(H,16,17). The predicted molar refractivity (Wildman–Crippen MR) is 77.1 cm³/mol. The van der Waals surface area contributed by atoms with Crippen LogP contribution in [0.4, 0.5) is 0 Å². The van der Waals surface area contributed by atoms with E-state index < -0.39 is 16.0 Å². The molecule has 0 amide bonds. The van der Waals surface area contributed by atoms with Gasteiger partial charge in [0.2, 0.25) is 10.0 Å². The van der Waals surface area contributed by atoms with Crippen molar-refractivity contribution in [2.75, 3.05) is 13.7 Å². The number of hydrogen-bond acceptors (Lipinski definition) is 4. The molecule has 1 saturated carbocycles. The third kappa shape index (κ3) is 3.74. The minimum atomic E-state index is -3.70. The Hall–Kier alpha value is -1.60. The molecule has 1 aromatic rings. The van der Waals surface area contributed by atoms with E-state index in [0.717, 1.165) is 31.7 Å². The highest BCUT2D eigenvalue weighted by atomic mass is 32.2. The molecule has 0 heterocycles. The van der Waals surface area contributed by atoms with Gasteiger partial charge in [0.05, 0.1) is 12.0 Å². The maximum atomic E-state index is 12.2. The fourth-order valence-corrected chi connectivity index (χ4v) is 3.69. The highest BCUT2D eigenvalue weighted by Gasteiger charge is 2.22. The first-order valence-corrected chi connectivity index (χ1v) is 8.33. The maximum absolute atomic E-state index is 12.2. The predicted octanol–water partition coefficient (Wildman–Crippen LogP) is 1.86. The zero-order valence-corrected chi connectivity index (χ0v) is 12.6. The van der Waals surface area contributed by atoms with Crippen LogP contribution in [0.1, 0.15) is 36.0 Å². The summed E-state index contributed by atoms with van der Waals surface area (Å²) in [6, 6.07) is 3.83. The van der Waals surface area contributed by atoms with Crippen molar-refractivity contribution >= 4 is 16.0 Å². The number of carboxylic acids is 1. The van der Waals surface area contributed by atoms with Gasteiger partial charge >= 0.3 is 5.97 Å². The topological polar surface area (TPSA) is 92.7 Å². The van der Waals surface area contributed by atoms with Crippen molar-refractivity contribution in [1.29, 1.82) is 0 Å². The van der Waals surface area contributed by atoms with Gasteiger partial charge in [-0.25, -0.2) is 17.9 Å². The Balaban J connectivity index is 2.18. The largest absolute Gasteiger partial charge is 0.496 e. The summed E-state index contributed by atoms with van der Waals surface area (Å²) in [5, 5.41) is 9.09. The van der Waals surface area contributed by atoms with Gasteiger partial charge in [-0.15, -0.1) is 0 Å². The number of aromatic carboxylic acids is 1. The number of carboxylic acid groups (broad SMARTS) is 1. The Labute approximate surface area is 124 Å². The third-order valence-corrected chi connectivity index (χ3v) is 5.17. The molecule has 0 radical (unpaired) electrons. The van der Waals surface area contributed by atoms with E-state index in [2.05, 4.69) is 4.72 Å². The van der Waals surface area contributed by atoms with Crippen LogP contribution in [0.25, 0.3) is 0 Å². The van der Waals surface area contributed by atoms with Crippen LogP contribution in [0.5, 0.6) is 5.75 Å². The van der Waals surface area contributed by atoms with E-state index in [4.69, 9.17) is 9.84 Å². The Morgan fingerprint density at radius 1 is 1.38 bits per heavy atom. The molecule has 116 valence electrons. The molecule has 1 aromatic carbocycles. The molecule has 1 aliphatic rings. The average molecular weight is 313 g/mol. The van der Waals surface area contributed by atoms with E-state index in [0.29, 0.717) is 12.5 Å². The van der Waals surface area contributed by atoms with E-state index in [1.54, 1.807) is 0 Å². The van der Waals surface area contributed by atoms with Gasteiger partial charge in [-0.2, -0.15) is 0 Å². The van der Waals surface area contributed by atoms with Crippen LogP contribution in [0, 0.1) is 5.92 Å². The van der Waals surface area contributed by atoms with Gasteiger partial charge in [0.25, 0.3) is 0 Å². The third-order valence-electron chi connectivity index (χ3n) is 3.75. The lowest BCUT2D eigenvalue weighted by Crippen LogP contribution is -2.28. The summed E-state index contributed by atoms with van der Waals surface area (Å²) in [6.07, 6.45) is 4.34. The minimum absolute atomic E-state index is 0.0568. The Bertz CT molecular complexity index is 620. The Kier molecular flexibility index (Phi) is 4.84. The Morgan fingerprint density at radius 2 is 2.05 bits per heavy atom. The highest BCUT2D eigenvalue weighted by molar-refractivity contribution is 7.89. The van der Waals surface area contributed by atoms with Crippen LogP contribution in [-0.2, 0) is 10.0 Å². The molecular formula is C14H19NO5S. The van der Waals surface area contributed by atoms with Crippen molar-refractivity contribution in [3.63, 3.8) is 0 Å². The van der Waals surface area contributed by atoms with E-state index in [-0.39, 0.29) is 16.2 Å². The lowest BCUT2D eigenvalue weighted by molar-refractivity contribution is 0.0693. The quantitative estimate of drug-likeness (QED) is 0.836. The van der Waals surface area contributed by atoms with Crippen LogP contribution in [0.15, 0.2) is 23.1 Å². The molecule has 1 fully saturated rings. The van der Waals surface area contributed by atoms with Crippen molar-refractivity contribution in [3.05, 3.63) is 23.8 Å². The van der Waals surface area contributed by atoms with Crippen molar-refractivity contribution < 1.29 is 23.1 Å². The number of ether oxygens (including phenoxy) is 1. The first kappa shape index (κ1) is 15.8. The number of hydrogen-bond donors (Lipinski definition) is 2. The number of rotatable bonds is 6. The molecular weight excluding hydrogens is 294 g/mol. The minimum Gasteiger partial charge on any atom is -0.496 e. The van der Waals surface area contributed by atoms with Gasteiger partial charge in [-0.05, 0) is 37.0 Å². The highest BCUT2D eigenvalue weighted by Crippen LogP contribution is 2.25. The molecule has 2 N–H and O–H groups in total. The summed E-state index contributed by atoms with van der Waals surface area (Å²) in [7, 11) is -2.36. The van der Waals surface area contributed by atoms with Crippen LogP contribution >= 0.6 is 0 Å². The lowest BCUT2D eigenvalue weighted by atomic mass is 10.1. The van der Waals surface area contributed by atoms with E-state index in [1.165, 1.54) is 19.2 Å². The van der Waals surface area contributed by atoms with Crippen LogP contribution in [0.3, 0.4) is 0 Å². The molecule has 0 bridgehead atoms. The summed E-state index contributed by atoms with van der Waals surface area (Å²) < 4.78 is 31.9. The number of sulfonamides is 1. The second-order valence-corrected chi connectivity index (χ2v) is 6.94. The molecule has 1 aliphatic carbocycles. The van der Waals surface area contributed by atoms with Crippen molar-refractivity contribution in [2.45, 2.75) is 30.6 Å². The molecule has 0 aliphatic heterocycles. The SMILES string of the molecule is COc1ccc(S(=O)(=O)NCC2CCCC2)cc1C(=O)O. The fraction of sp³-hybridized carbons (Fsp3) is 0.500. The number of carbonyl (C=O) groups is 1. The molecule has 0 aromatic heterocycles. The van der Waals surface area contributed by atoms with Gasteiger partial charge in [0.1, 0.15) is 11.3 Å². The Morgan fingerprint density at radius 3 is 2.62 bits per heavy atom. The summed E-state index contributed by atoms with van der Waals surface area (Å²) in [6.45, 7) is 0.400. The first-order chi connectivity index (χ1) is 9.94. The molecule has 2 rings (SSSR count).